The third kappa shape index (κ3) is 1.91. The van der Waals surface area contributed by atoms with Crippen molar-refractivity contribution >= 4 is 5.69 Å². The maximum atomic E-state index is 5.57. The van der Waals surface area contributed by atoms with Gasteiger partial charge in [0.05, 0.1) is 5.69 Å². The predicted octanol–water partition coefficient (Wildman–Crippen LogP) is 2.49. The van der Waals surface area contributed by atoms with E-state index in [2.05, 4.69) is 44.1 Å². The van der Waals surface area contributed by atoms with Crippen molar-refractivity contribution in [3.8, 4) is 5.88 Å². The summed E-state index contributed by atoms with van der Waals surface area (Å²) in [5, 5.41) is 3.32. The Morgan fingerprint density at radius 3 is 2.80 bits per heavy atom. The monoisotopic (exact) mass is 206 g/mol. The highest BCUT2D eigenvalue weighted by Gasteiger charge is 2.21. The van der Waals surface area contributed by atoms with Crippen LogP contribution in [0.1, 0.15) is 32.0 Å². The van der Waals surface area contributed by atoms with E-state index >= 15 is 0 Å². The first kappa shape index (κ1) is 10.3. The molecular weight excluding hydrogens is 188 g/mol. The maximum absolute atomic E-state index is 5.57. The van der Waals surface area contributed by atoms with Crippen molar-refractivity contribution in [2.24, 2.45) is 0 Å². The van der Waals surface area contributed by atoms with Crippen LogP contribution in [0.2, 0.25) is 0 Å². The molecule has 2 rings (SSSR count). The number of pyridine rings is 1. The van der Waals surface area contributed by atoms with E-state index in [1.165, 1.54) is 5.56 Å². The standard InChI is InChI=1S/C12H18N2O/c1-8-7-9(12(2,3)4)14-11-10(8)13-5-6-15-11/h7,13H,5-6H2,1-4H3. The Balaban J connectivity index is 2.50. The Labute approximate surface area is 90.9 Å². The molecule has 3 heteroatoms. The van der Waals surface area contributed by atoms with Crippen molar-refractivity contribution in [1.29, 1.82) is 0 Å². The Bertz CT molecular complexity index is 380. The number of anilines is 1. The van der Waals surface area contributed by atoms with Gasteiger partial charge in [-0.2, -0.15) is 0 Å². The second-order valence-corrected chi connectivity index (χ2v) is 5.03. The molecule has 0 fully saturated rings. The van der Waals surface area contributed by atoms with E-state index in [1.54, 1.807) is 0 Å². The summed E-state index contributed by atoms with van der Waals surface area (Å²) in [6.07, 6.45) is 0. The van der Waals surface area contributed by atoms with E-state index in [9.17, 15) is 0 Å². The number of ether oxygens (including phenoxy) is 1. The van der Waals surface area contributed by atoms with Gasteiger partial charge in [-0.15, -0.1) is 0 Å². The van der Waals surface area contributed by atoms with E-state index in [0.717, 1.165) is 23.8 Å². The van der Waals surface area contributed by atoms with Crippen molar-refractivity contribution in [2.45, 2.75) is 33.1 Å². The first-order chi connectivity index (χ1) is 6.98. The normalized spacial score (nSPS) is 15.2. The molecule has 1 aromatic heterocycles. The zero-order valence-electron chi connectivity index (χ0n) is 9.85. The molecule has 0 bridgehead atoms. The summed E-state index contributed by atoms with van der Waals surface area (Å²) in [5.74, 6) is 0.756. The summed E-state index contributed by atoms with van der Waals surface area (Å²) in [7, 11) is 0. The van der Waals surface area contributed by atoms with Crippen molar-refractivity contribution < 1.29 is 4.74 Å². The van der Waals surface area contributed by atoms with Crippen LogP contribution < -0.4 is 10.1 Å². The van der Waals surface area contributed by atoms with E-state index < -0.39 is 0 Å². The van der Waals surface area contributed by atoms with Gasteiger partial charge in [0.25, 0.3) is 0 Å². The van der Waals surface area contributed by atoms with Crippen LogP contribution >= 0.6 is 0 Å². The Kier molecular flexibility index (Phi) is 2.33. The lowest BCUT2D eigenvalue weighted by Gasteiger charge is -2.24. The molecule has 82 valence electrons. The van der Waals surface area contributed by atoms with Crippen LogP contribution in [0, 0.1) is 6.92 Å². The van der Waals surface area contributed by atoms with E-state index in [-0.39, 0.29) is 5.41 Å². The molecule has 0 aliphatic carbocycles. The summed E-state index contributed by atoms with van der Waals surface area (Å²) >= 11 is 0. The van der Waals surface area contributed by atoms with Crippen LogP contribution in [-0.4, -0.2) is 18.1 Å². The molecule has 3 nitrogen and oxygen atoms in total. The summed E-state index contributed by atoms with van der Waals surface area (Å²) in [4.78, 5) is 4.56. The fourth-order valence-electron chi connectivity index (χ4n) is 1.67. The highest BCUT2D eigenvalue weighted by molar-refractivity contribution is 5.60. The summed E-state index contributed by atoms with van der Waals surface area (Å²) in [6, 6.07) is 2.14. The zero-order chi connectivity index (χ0) is 11.1. The molecule has 15 heavy (non-hydrogen) atoms. The van der Waals surface area contributed by atoms with Crippen LogP contribution in [-0.2, 0) is 5.41 Å². The molecule has 2 heterocycles. The molecule has 0 atom stereocenters. The average Bonchev–Trinajstić information content (AvgIpc) is 2.16. The third-order valence-electron chi connectivity index (χ3n) is 2.59. The van der Waals surface area contributed by atoms with Crippen LogP contribution in [0.4, 0.5) is 5.69 Å². The number of nitrogens with one attached hydrogen (secondary N) is 1. The molecule has 0 spiro atoms. The van der Waals surface area contributed by atoms with Crippen LogP contribution in [0.3, 0.4) is 0 Å². The molecule has 0 unspecified atom stereocenters. The number of hydrogen-bond donors (Lipinski definition) is 1. The summed E-state index contributed by atoms with van der Waals surface area (Å²) in [5.41, 5.74) is 3.42. The molecule has 0 aromatic carbocycles. The largest absolute Gasteiger partial charge is 0.474 e. The van der Waals surface area contributed by atoms with E-state index in [4.69, 9.17) is 4.74 Å². The molecule has 1 aliphatic heterocycles. The molecular formula is C12H18N2O. The predicted molar refractivity (Wildman–Crippen MR) is 61.7 cm³/mol. The average molecular weight is 206 g/mol. The smallest absolute Gasteiger partial charge is 0.237 e. The molecule has 1 N–H and O–H groups in total. The zero-order valence-corrected chi connectivity index (χ0v) is 9.85. The topological polar surface area (TPSA) is 34.2 Å². The lowest BCUT2D eigenvalue weighted by atomic mass is 9.90. The van der Waals surface area contributed by atoms with Gasteiger partial charge in [0.1, 0.15) is 12.3 Å². The maximum Gasteiger partial charge on any atom is 0.237 e. The van der Waals surface area contributed by atoms with E-state index in [1.807, 2.05) is 0 Å². The van der Waals surface area contributed by atoms with Crippen molar-refractivity contribution in [3.63, 3.8) is 0 Å². The number of hydrogen-bond acceptors (Lipinski definition) is 3. The van der Waals surface area contributed by atoms with Gasteiger partial charge in [0, 0.05) is 12.0 Å². The number of aromatic nitrogens is 1. The number of aryl methyl sites for hydroxylation is 1. The van der Waals surface area contributed by atoms with Gasteiger partial charge in [-0.25, -0.2) is 4.98 Å². The van der Waals surface area contributed by atoms with Crippen LogP contribution in [0.15, 0.2) is 6.07 Å². The fraction of sp³-hybridized carbons (Fsp3) is 0.583. The second kappa shape index (κ2) is 3.40. The molecule has 1 aliphatic rings. The van der Waals surface area contributed by atoms with Crippen LogP contribution in [0.25, 0.3) is 0 Å². The summed E-state index contributed by atoms with van der Waals surface area (Å²) < 4.78 is 5.57. The van der Waals surface area contributed by atoms with Crippen molar-refractivity contribution in [2.75, 3.05) is 18.5 Å². The van der Waals surface area contributed by atoms with Gasteiger partial charge in [0.15, 0.2) is 0 Å². The second-order valence-electron chi connectivity index (χ2n) is 5.03. The quantitative estimate of drug-likeness (QED) is 0.708. The van der Waals surface area contributed by atoms with Gasteiger partial charge >= 0.3 is 0 Å². The van der Waals surface area contributed by atoms with Gasteiger partial charge in [-0.05, 0) is 18.6 Å². The third-order valence-corrected chi connectivity index (χ3v) is 2.59. The van der Waals surface area contributed by atoms with Crippen LogP contribution in [0.5, 0.6) is 5.88 Å². The molecule has 0 amide bonds. The minimum atomic E-state index is 0.0700. The number of fused-ring (bicyclic) bond motifs is 1. The SMILES string of the molecule is Cc1cc(C(C)(C)C)nc2c1NCCO2. The van der Waals surface area contributed by atoms with Crippen molar-refractivity contribution in [3.05, 3.63) is 17.3 Å². The molecule has 1 aromatic rings. The Morgan fingerprint density at radius 2 is 2.13 bits per heavy atom. The number of rotatable bonds is 0. The highest BCUT2D eigenvalue weighted by Crippen LogP contribution is 2.32. The fourth-order valence-corrected chi connectivity index (χ4v) is 1.67. The molecule has 0 radical (unpaired) electrons. The minimum absolute atomic E-state index is 0.0700. The Morgan fingerprint density at radius 1 is 1.40 bits per heavy atom. The number of nitrogens with zero attached hydrogens (tertiary/aromatic N) is 1. The van der Waals surface area contributed by atoms with Gasteiger partial charge in [-0.1, -0.05) is 20.8 Å². The van der Waals surface area contributed by atoms with E-state index in [0.29, 0.717) is 6.61 Å². The van der Waals surface area contributed by atoms with Gasteiger partial charge < -0.3 is 10.1 Å². The lowest BCUT2D eigenvalue weighted by Crippen LogP contribution is -2.22. The Hall–Kier alpha value is -1.25. The van der Waals surface area contributed by atoms with Crippen molar-refractivity contribution in [1.82, 2.24) is 4.98 Å². The minimum Gasteiger partial charge on any atom is -0.474 e. The first-order valence-electron chi connectivity index (χ1n) is 5.37. The first-order valence-corrected chi connectivity index (χ1v) is 5.37. The molecule has 0 saturated heterocycles. The highest BCUT2D eigenvalue weighted by atomic mass is 16.5. The summed E-state index contributed by atoms with van der Waals surface area (Å²) in [6.45, 7) is 10.2. The molecule has 0 saturated carbocycles. The lowest BCUT2D eigenvalue weighted by molar-refractivity contribution is 0.307. The van der Waals surface area contributed by atoms with Gasteiger partial charge in [0.2, 0.25) is 5.88 Å². The van der Waals surface area contributed by atoms with Gasteiger partial charge in [-0.3, -0.25) is 0 Å².